The molecule has 4 aromatic heterocycles. The van der Waals surface area contributed by atoms with Gasteiger partial charge in [-0.15, -0.1) is 22.7 Å². The first-order valence-electron chi connectivity index (χ1n) is 13.2. The molecule has 1 fully saturated rings. The highest BCUT2D eigenvalue weighted by Crippen LogP contribution is 2.36. The highest BCUT2D eigenvalue weighted by molar-refractivity contribution is 7.94. The number of nitrogens with one attached hydrogen (secondary N) is 1. The van der Waals surface area contributed by atoms with Gasteiger partial charge in [0.2, 0.25) is 0 Å². The van der Waals surface area contributed by atoms with Crippen molar-refractivity contribution in [3.05, 3.63) is 71.3 Å². The molecule has 5 aromatic rings. The number of fused-ring (bicyclic) bond motifs is 1. The molecular weight excluding hydrogens is 577 g/mol. The van der Waals surface area contributed by atoms with Crippen molar-refractivity contribution in [2.75, 3.05) is 17.4 Å². The Hall–Kier alpha value is -3.32. The third kappa shape index (κ3) is 6.15. The van der Waals surface area contributed by atoms with Crippen LogP contribution in [0.25, 0.3) is 21.6 Å². The number of nitrogens with zero attached hydrogens (tertiary/aromatic N) is 5. The Morgan fingerprint density at radius 1 is 1.10 bits per heavy atom. The minimum absolute atomic E-state index is 0. The number of ether oxygens (including phenoxy) is 1. The fourth-order valence-electron chi connectivity index (χ4n) is 5.04. The van der Waals surface area contributed by atoms with Gasteiger partial charge in [-0.1, -0.05) is 25.6 Å². The van der Waals surface area contributed by atoms with E-state index in [9.17, 15) is 8.42 Å². The summed E-state index contributed by atoms with van der Waals surface area (Å²) in [6.07, 6.45) is 7.31. The molecule has 0 spiro atoms. The van der Waals surface area contributed by atoms with Crippen molar-refractivity contribution in [2.24, 2.45) is 0 Å². The van der Waals surface area contributed by atoms with Crippen molar-refractivity contribution in [1.29, 1.82) is 0 Å². The quantitative estimate of drug-likeness (QED) is 0.205. The molecule has 0 amide bonds. The molecule has 0 atom stereocenters. The second-order valence-electron chi connectivity index (χ2n) is 10.0. The molecule has 0 saturated carbocycles. The number of H-pyrrole nitrogens is 1. The molecule has 0 aliphatic carbocycles. The third-order valence-corrected chi connectivity index (χ3v) is 11.2. The largest absolute Gasteiger partial charge is 0.460 e. The number of anilines is 1. The van der Waals surface area contributed by atoms with Gasteiger partial charge in [-0.25, -0.2) is 23.4 Å². The summed E-state index contributed by atoms with van der Waals surface area (Å²) in [5.74, 6) is 0. The summed E-state index contributed by atoms with van der Waals surface area (Å²) in [4.78, 5) is 20.1. The summed E-state index contributed by atoms with van der Waals surface area (Å²) in [7, 11) is -3.69. The zero-order chi connectivity index (χ0) is 27.7. The molecule has 0 bridgehead atoms. The first-order valence-corrected chi connectivity index (χ1v) is 16.3. The predicted octanol–water partition coefficient (Wildman–Crippen LogP) is 6.43. The van der Waals surface area contributed by atoms with E-state index in [0.717, 1.165) is 54.1 Å². The Kier molecular flexibility index (Phi) is 8.74. The number of rotatable bonds is 9. The summed E-state index contributed by atoms with van der Waals surface area (Å²) >= 11 is 2.89. The third-order valence-electron chi connectivity index (χ3n) is 6.86. The van der Waals surface area contributed by atoms with Crippen molar-refractivity contribution in [1.82, 2.24) is 24.8 Å². The number of aromatic nitrogens is 4. The van der Waals surface area contributed by atoms with Crippen LogP contribution in [0, 0.1) is 0 Å². The zero-order valence-corrected chi connectivity index (χ0v) is 24.7. The minimum atomic E-state index is -3.69. The maximum Gasteiger partial charge on any atom is 0.316 e. The molecule has 1 saturated heterocycles. The minimum Gasteiger partial charge on any atom is -0.460 e. The summed E-state index contributed by atoms with van der Waals surface area (Å²) < 4.78 is 34.9. The van der Waals surface area contributed by atoms with Crippen LogP contribution in [0.1, 0.15) is 39.0 Å². The first-order chi connectivity index (χ1) is 19.4. The smallest absolute Gasteiger partial charge is 0.316 e. The Bertz CT molecular complexity index is 1680. The van der Waals surface area contributed by atoms with E-state index in [1.165, 1.54) is 20.5 Å². The SMILES string of the molecule is C.CC(C)N(c1cccc2cc(-c3ncc(CN4CCC(Oc5ncccn5)CC4)s3)[nH]c12)S(=O)(=O)c1cccs1. The topological polar surface area (TPSA) is 104 Å². The standard InChI is InChI=1S/C28H30N6O3S3.CH4/c1-19(2)34(40(35,36)25-8-4-15-38-25)24-7-3-6-20-16-23(32-26(20)24)27-31-17-22(39-27)18-33-13-9-21(10-14-33)37-28-29-11-5-12-30-28;/h3-8,11-12,15-17,19,21,32H,9-10,13-14,18H2,1-2H3;1H4. The van der Waals surface area contributed by atoms with E-state index in [4.69, 9.17) is 9.72 Å². The Balaban J connectivity index is 0.00000337. The van der Waals surface area contributed by atoms with Gasteiger partial charge in [0.15, 0.2) is 0 Å². The maximum atomic E-state index is 13.6. The summed E-state index contributed by atoms with van der Waals surface area (Å²) in [5, 5.41) is 3.61. The van der Waals surface area contributed by atoms with Gasteiger partial charge in [-0.3, -0.25) is 9.21 Å². The first kappa shape index (κ1) is 29.2. The Labute approximate surface area is 248 Å². The molecule has 9 nitrogen and oxygen atoms in total. The lowest BCUT2D eigenvalue weighted by Gasteiger charge is -2.31. The van der Waals surface area contributed by atoms with E-state index >= 15 is 0 Å². The van der Waals surface area contributed by atoms with Crippen LogP contribution in [0.5, 0.6) is 6.01 Å². The van der Waals surface area contributed by atoms with Crippen LogP contribution in [0.4, 0.5) is 5.69 Å². The Morgan fingerprint density at radius 3 is 2.59 bits per heavy atom. The molecule has 1 aromatic carbocycles. The molecule has 1 aliphatic rings. The molecule has 12 heteroatoms. The number of benzene rings is 1. The second kappa shape index (κ2) is 12.3. The lowest BCUT2D eigenvalue weighted by Crippen LogP contribution is -2.37. The van der Waals surface area contributed by atoms with E-state index in [-0.39, 0.29) is 19.6 Å². The van der Waals surface area contributed by atoms with E-state index < -0.39 is 10.0 Å². The van der Waals surface area contributed by atoms with Crippen LogP contribution in [-0.4, -0.2) is 58.5 Å². The lowest BCUT2D eigenvalue weighted by atomic mass is 10.1. The molecule has 0 unspecified atom stereocenters. The van der Waals surface area contributed by atoms with Crippen molar-refractivity contribution in [3.63, 3.8) is 0 Å². The molecule has 0 radical (unpaired) electrons. The van der Waals surface area contributed by atoms with Crippen molar-refractivity contribution >= 4 is 49.3 Å². The number of piperidine rings is 1. The number of thiazole rings is 1. The molecule has 1 N–H and O–H groups in total. The van der Waals surface area contributed by atoms with Crippen molar-refractivity contribution in [3.8, 4) is 16.7 Å². The van der Waals surface area contributed by atoms with Crippen LogP contribution in [-0.2, 0) is 16.6 Å². The lowest BCUT2D eigenvalue weighted by molar-refractivity contribution is 0.0897. The normalized spacial score (nSPS) is 14.8. The van der Waals surface area contributed by atoms with Crippen molar-refractivity contribution in [2.45, 2.75) is 57.0 Å². The van der Waals surface area contributed by atoms with Crippen LogP contribution < -0.4 is 9.04 Å². The highest BCUT2D eigenvalue weighted by Gasteiger charge is 2.30. The molecule has 5 heterocycles. The Morgan fingerprint density at radius 2 is 1.88 bits per heavy atom. The maximum absolute atomic E-state index is 13.6. The number of thiophene rings is 1. The summed E-state index contributed by atoms with van der Waals surface area (Å²) in [6, 6.07) is 13.2. The average molecular weight is 611 g/mol. The number of likely N-dealkylation sites (tertiary alicyclic amines) is 1. The van der Waals surface area contributed by atoms with Crippen LogP contribution in [0.15, 0.2) is 70.6 Å². The van der Waals surface area contributed by atoms with Crippen molar-refractivity contribution < 1.29 is 13.2 Å². The number of aromatic amines is 1. The fourth-order valence-corrected chi connectivity index (χ4v) is 8.72. The molecule has 216 valence electrons. The zero-order valence-electron chi connectivity index (χ0n) is 22.2. The predicted molar refractivity (Wildman–Crippen MR) is 166 cm³/mol. The van der Waals surface area contributed by atoms with Gasteiger partial charge in [0.1, 0.15) is 15.3 Å². The molecule has 1 aliphatic heterocycles. The van der Waals surface area contributed by atoms with Gasteiger partial charge in [0.05, 0.1) is 16.9 Å². The summed E-state index contributed by atoms with van der Waals surface area (Å²) in [6.45, 7) is 6.49. The van der Waals surface area contributed by atoms with E-state index in [2.05, 4.69) is 19.9 Å². The van der Waals surface area contributed by atoms with Crippen LogP contribution in [0.2, 0.25) is 0 Å². The molecular formula is C29H34N6O3S3. The number of para-hydroxylation sites is 1. The van der Waals surface area contributed by atoms with Crippen LogP contribution >= 0.6 is 22.7 Å². The van der Waals surface area contributed by atoms with Gasteiger partial charge in [0.25, 0.3) is 10.0 Å². The summed E-state index contributed by atoms with van der Waals surface area (Å²) in [5.41, 5.74) is 2.30. The van der Waals surface area contributed by atoms with Gasteiger partial charge in [-0.2, -0.15) is 0 Å². The van der Waals surface area contributed by atoms with Gasteiger partial charge >= 0.3 is 6.01 Å². The fraction of sp³-hybridized carbons (Fsp3) is 0.345. The monoisotopic (exact) mass is 610 g/mol. The van der Waals surface area contributed by atoms with Gasteiger partial charge < -0.3 is 9.72 Å². The number of hydrogen-bond donors (Lipinski definition) is 1. The molecule has 6 rings (SSSR count). The van der Waals surface area contributed by atoms with E-state index in [1.807, 2.05) is 44.3 Å². The van der Waals surface area contributed by atoms with E-state index in [1.54, 1.807) is 47.3 Å². The average Bonchev–Trinajstić information content (AvgIpc) is 3.72. The van der Waals surface area contributed by atoms with Gasteiger partial charge in [-0.05, 0) is 56.3 Å². The van der Waals surface area contributed by atoms with Crippen LogP contribution in [0.3, 0.4) is 0 Å². The van der Waals surface area contributed by atoms with Gasteiger partial charge in [0, 0.05) is 54.5 Å². The highest BCUT2D eigenvalue weighted by atomic mass is 32.2. The van der Waals surface area contributed by atoms with E-state index in [0.29, 0.717) is 15.9 Å². The second-order valence-corrected chi connectivity index (χ2v) is 14.1. The number of sulfonamides is 1. The number of hydrogen-bond acceptors (Lipinski definition) is 9. The molecule has 41 heavy (non-hydrogen) atoms.